The minimum absolute atomic E-state index is 0.0353. The Morgan fingerprint density at radius 3 is 2.12 bits per heavy atom. The van der Waals surface area contributed by atoms with Crippen molar-refractivity contribution in [3.8, 4) is 17.2 Å². The van der Waals surface area contributed by atoms with E-state index in [9.17, 15) is 4.79 Å². The van der Waals surface area contributed by atoms with Gasteiger partial charge in [-0.1, -0.05) is 42.5 Å². The van der Waals surface area contributed by atoms with Crippen LogP contribution in [0.5, 0.6) is 17.2 Å². The Labute approximate surface area is 201 Å². The molecule has 1 aliphatic heterocycles. The summed E-state index contributed by atoms with van der Waals surface area (Å²) in [4.78, 5) is 17.6. The molecule has 1 fully saturated rings. The zero-order valence-electron chi connectivity index (χ0n) is 20.3. The Balaban J connectivity index is 1.48. The van der Waals surface area contributed by atoms with Crippen LogP contribution in [0.4, 0.5) is 5.69 Å². The Kier molecular flexibility index (Phi) is 7.26. The SMILES string of the molecule is COc1cc(C(=O)N2CCN(c3cccc(C)c3C)CC2)cc(OC)c1OCc1ccccc1. The van der Waals surface area contributed by atoms with Crippen molar-refractivity contribution in [2.45, 2.75) is 20.5 Å². The Bertz CT molecular complexity index is 1110. The third-order valence-electron chi connectivity index (χ3n) is 6.42. The van der Waals surface area contributed by atoms with Crippen LogP contribution in [0.1, 0.15) is 27.0 Å². The van der Waals surface area contributed by atoms with Gasteiger partial charge in [0.05, 0.1) is 14.2 Å². The predicted octanol–water partition coefficient (Wildman–Crippen LogP) is 4.86. The normalized spacial score (nSPS) is 13.5. The highest BCUT2D eigenvalue weighted by Crippen LogP contribution is 2.39. The van der Waals surface area contributed by atoms with E-state index >= 15 is 0 Å². The average Bonchev–Trinajstić information content (AvgIpc) is 2.88. The van der Waals surface area contributed by atoms with E-state index in [1.54, 1.807) is 26.4 Å². The lowest BCUT2D eigenvalue weighted by atomic mass is 10.1. The van der Waals surface area contributed by atoms with Gasteiger partial charge >= 0.3 is 0 Å². The van der Waals surface area contributed by atoms with Crippen molar-refractivity contribution in [3.05, 3.63) is 82.9 Å². The summed E-state index contributed by atoms with van der Waals surface area (Å²) in [7, 11) is 3.14. The summed E-state index contributed by atoms with van der Waals surface area (Å²) in [5, 5.41) is 0. The number of carbonyl (C=O) groups is 1. The number of anilines is 1. The van der Waals surface area contributed by atoms with Gasteiger partial charge in [-0.3, -0.25) is 4.79 Å². The van der Waals surface area contributed by atoms with Crippen molar-refractivity contribution in [2.75, 3.05) is 45.3 Å². The van der Waals surface area contributed by atoms with Crippen molar-refractivity contribution in [1.82, 2.24) is 4.90 Å². The molecule has 3 aromatic carbocycles. The largest absolute Gasteiger partial charge is 0.493 e. The second-order valence-corrected chi connectivity index (χ2v) is 8.48. The second-order valence-electron chi connectivity index (χ2n) is 8.48. The molecule has 0 N–H and O–H groups in total. The summed E-state index contributed by atoms with van der Waals surface area (Å²) in [6, 6.07) is 19.7. The first-order valence-corrected chi connectivity index (χ1v) is 11.5. The van der Waals surface area contributed by atoms with E-state index in [1.807, 2.05) is 35.2 Å². The van der Waals surface area contributed by atoms with E-state index in [1.165, 1.54) is 16.8 Å². The van der Waals surface area contributed by atoms with E-state index in [-0.39, 0.29) is 5.91 Å². The van der Waals surface area contributed by atoms with Crippen LogP contribution in [0.15, 0.2) is 60.7 Å². The zero-order valence-corrected chi connectivity index (χ0v) is 20.3. The molecule has 0 atom stereocenters. The molecule has 4 rings (SSSR count). The maximum Gasteiger partial charge on any atom is 0.254 e. The summed E-state index contributed by atoms with van der Waals surface area (Å²) in [6.07, 6.45) is 0. The number of piperazine rings is 1. The summed E-state index contributed by atoms with van der Waals surface area (Å²) < 4.78 is 17.2. The fourth-order valence-electron chi connectivity index (χ4n) is 4.29. The fourth-order valence-corrected chi connectivity index (χ4v) is 4.29. The van der Waals surface area contributed by atoms with Gasteiger partial charge in [-0.05, 0) is 48.7 Å². The van der Waals surface area contributed by atoms with Gasteiger partial charge in [0.15, 0.2) is 11.5 Å². The molecule has 0 aliphatic carbocycles. The molecule has 3 aromatic rings. The van der Waals surface area contributed by atoms with Crippen molar-refractivity contribution < 1.29 is 19.0 Å². The lowest BCUT2D eigenvalue weighted by molar-refractivity contribution is 0.0746. The standard InChI is InChI=1S/C28H32N2O4/c1-20-9-8-12-24(21(20)2)29-13-15-30(16-14-29)28(31)23-17-25(32-3)27(26(18-23)33-4)34-19-22-10-6-5-7-11-22/h5-12,17-18H,13-16,19H2,1-4H3. The number of carbonyl (C=O) groups excluding carboxylic acids is 1. The number of hydrogen-bond acceptors (Lipinski definition) is 5. The average molecular weight is 461 g/mol. The van der Waals surface area contributed by atoms with Crippen LogP contribution in [-0.4, -0.2) is 51.2 Å². The monoisotopic (exact) mass is 460 g/mol. The van der Waals surface area contributed by atoms with E-state index in [0.717, 1.165) is 18.7 Å². The van der Waals surface area contributed by atoms with Crippen molar-refractivity contribution in [1.29, 1.82) is 0 Å². The van der Waals surface area contributed by atoms with Gasteiger partial charge in [0.2, 0.25) is 5.75 Å². The summed E-state index contributed by atoms with van der Waals surface area (Å²) in [5.41, 5.74) is 5.39. The van der Waals surface area contributed by atoms with Gasteiger partial charge in [0.25, 0.3) is 5.91 Å². The minimum atomic E-state index is -0.0353. The molecule has 0 spiro atoms. The quantitative estimate of drug-likeness (QED) is 0.504. The molecule has 0 radical (unpaired) electrons. The number of rotatable bonds is 7. The highest BCUT2D eigenvalue weighted by atomic mass is 16.5. The van der Waals surface area contributed by atoms with Crippen molar-refractivity contribution in [3.63, 3.8) is 0 Å². The van der Waals surface area contributed by atoms with E-state index < -0.39 is 0 Å². The second kappa shape index (κ2) is 10.5. The van der Waals surface area contributed by atoms with Gasteiger partial charge in [-0.15, -0.1) is 0 Å². The van der Waals surface area contributed by atoms with Crippen LogP contribution in [0.25, 0.3) is 0 Å². The summed E-state index contributed by atoms with van der Waals surface area (Å²) in [5.74, 6) is 1.41. The molecule has 6 heteroatoms. The van der Waals surface area contributed by atoms with Crippen molar-refractivity contribution >= 4 is 11.6 Å². The zero-order chi connectivity index (χ0) is 24.1. The van der Waals surface area contributed by atoms with Crippen LogP contribution >= 0.6 is 0 Å². The van der Waals surface area contributed by atoms with Gasteiger partial charge in [-0.2, -0.15) is 0 Å². The van der Waals surface area contributed by atoms with Crippen LogP contribution in [0.3, 0.4) is 0 Å². The fraction of sp³-hybridized carbons (Fsp3) is 0.321. The van der Waals surface area contributed by atoms with E-state index in [0.29, 0.717) is 42.5 Å². The Morgan fingerprint density at radius 1 is 0.853 bits per heavy atom. The maximum atomic E-state index is 13.3. The van der Waals surface area contributed by atoms with Crippen LogP contribution in [0.2, 0.25) is 0 Å². The lowest BCUT2D eigenvalue weighted by Gasteiger charge is -2.37. The molecule has 0 aromatic heterocycles. The van der Waals surface area contributed by atoms with Gasteiger partial charge < -0.3 is 24.0 Å². The molecule has 6 nitrogen and oxygen atoms in total. The number of aryl methyl sites for hydroxylation is 1. The molecule has 1 heterocycles. The molecule has 34 heavy (non-hydrogen) atoms. The van der Waals surface area contributed by atoms with E-state index in [4.69, 9.17) is 14.2 Å². The molecule has 0 saturated carbocycles. The first-order chi connectivity index (χ1) is 16.5. The Hall–Kier alpha value is -3.67. The predicted molar refractivity (Wildman–Crippen MR) is 134 cm³/mol. The minimum Gasteiger partial charge on any atom is -0.493 e. The summed E-state index contributed by atoms with van der Waals surface area (Å²) in [6.45, 7) is 7.56. The van der Waals surface area contributed by atoms with Gasteiger partial charge in [0, 0.05) is 37.4 Å². The van der Waals surface area contributed by atoms with Gasteiger partial charge in [-0.25, -0.2) is 0 Å². The molecule has 0 bridgehead atoms. The smallest absolute Gasteiger partial charge is 0.254 e. The summed E-state index contributed by atoms with van der Waals surface area (Å²) >= 11 is 0. The number of benzene rings is 3. The van der Waals surface area contributed by atoms with Gasteiger partial charge in [0.1, 0.15) is 6.61 Å². The number of ether oxygens (including phenoxy) is 3. The lowest BCUT2D eigenvalue weighted by Crippen LogP contribution is -2.49. The maximum absolute atomic E-state index is 13.3. The van der Waals surface area contributed by atoms with E-state index in [2.05, 4.69) is 36.9 Å². The first-order valence-electron chi connectivity index (χ1n) is 11.5. The highest BCUT2D eigenvalue weighted by Gasteiger charge is 2.25. The molecule has 1 saturated heterocycles. The topological polar surface area (TPSA) is 51.2 Å². The number of nitrogens with zero attached hydrogens (tertiary/aromatic N) is 2. The molecule has 178 valence electrons. The molecule has 1 amide bonds. The number of methoxy groups -OCH3 is 2. The highest BCUT2D eigenvalue weighted by molar-refractivity contribution is 5.96. The third-order valence-corrected chi connectivity index (χ3v) is 6.42. The Morgan fingerprint density at radius 2 is 1.50 bits per heavy atom. The molecular formula is C28H32N2O4. The van der Waals surface area contributed by atoms with Crippen LogP contribution in [-0.2, 0) is 6.61 Å². The number of hydrogen-bond donors (Lipinski definition) is 0. The van der Waals surface area contributed by atoms with Crippen molar-refractivity contribution in [2.24, 2.45) is 0 Å². The van der Waals surface area contributed by atoms with Crippen LogP contribution in [0, 0.1) is 13.8 Å². The third kappa shape index (κ3) is 4.96. The number of amides is 1. The van der Waals surface area contributed by atoms with Crippen LogP contribution < -0.4 is 19.1 Å². The first kappa shape index (κ1) is 23.5. The molecule has 1 aliphatic rings. The molecular weight excluding hydrogens is 428 g/mol. The molecule has 0 unspecified atom stereocenters.